The van der Waals surface area contributed by atoms with Crippen molar-refractivity contribution in [3.05, 3.63) is 23.8 Å². The Hall–Kier alpha value is -0.520. The Labute approximate surface area is 69.0 Å². The molecule has 2 unspecified atom stereocenters. The van der Waals surface area contributed by atoms with Crippen molar-refractivity contribution < 1.29 is 0 Å². The van der Waals surface area contributed by atoms with Crippen LogP contribution in [0.25, 0.3) is 0 Å². The number of hydrogen-bond donors (Lipinski definition) is 0. The molecule has 0 aromatic rings. The largest absolute Gasteiger partial charge is 0.0845 e. The van der Waals surface area contributed by atoms with Gasteiger partial charge in [-0.1, -0.05) is 37.6 Å². The fourth-order valence-electron chi connectivity index (χ4n) is 2.27. The first-order valence-electron chi connectivity index (χ1n) is 4.64. The van der Waals surface area contributed by atoms with E-state index in [9.17, 15) is 0 Å². The molecule has 0 radical (unpaired) electrons. The zero-order valence-electron chi connectivity index (χ0n) is 7.38. The van der Waals surface area contributed by atoms with Crippen LogP contribution in [0.4, 0.5) is 0 Å². The van der Waals surface area contributed by atoms with E-state index in [2.05, 4.69) is 32.1 Å². The molecule has 0 nitrogen and oxygen atoms in total. The van der Waals surface area contributed by atoms with Crippen molar-refractivity contribution in [1.82, 2.24) is 0 Å². The maximum atomic E-state index is 2.45. The molecule has 0 N–H and O–H groups in total. The summed E-state index contributed by atoms with van der Waals surface area (Å²) in [5, 5.41) is 0. The monoisotopic (exact) mass is 148 g/mol. The molecule has 0 heteroatoms. The third-order valence-corrected chi connectivity index (χ3v) is 2.69. The topological polar surface area (TPSA) is 0 Å². The zero-order chi connectivity index (χ0) is 7.84. The van der Waals surface area contributed by atoms with E-state index >= 15 is 0 Å². The SMILES string of the molecule is CC(C)/C=C1/CC2C=CC1C2. The first-order valence-corrected chi connectivity index (χ1v) is 4.64. The molecule has 2 rings (SSSR count). The fraction of sp³-hybridized carbons (Fsp3) is 0.636. The van der Waals surface area contributed by atoms with Crippen molar-refractivity contribution in [3.8, 4) is 0 Å². The standard InChI is InChI=1S/C11H16/c1-8(2)5-11-7-9-3-4-10(11)6-9/h3-5,8-10H,6-7H2,1-2H3/b11-5-. The lowest BCUT2D eigenvalue weighted by Gasteiger charge is -2.09. The molecule has 2 bridgehead atoms. The molecule has 1 fully saturated rings. The Kier molecular flexibility index (Phi) is 1.63. The highest BCUT2D eigenvalue weighted by Gasteiger charge is 2.30. The molecule has 11 heavy (non-hydrogen) atoms. The van der Waals surface area contributed by atoms with Gasteiger partial charge in [0.15, 0.2) is 0 Å². The van der Waals surface area contributed by atoms with Gasteiger partial charge in [0, 0.05) is 0 Å². The lowest BCUT2D eigenvalue weighted by atomic mass is 9.97. The Morgan fingerprint density at radius 3 is 2.73 bits per heavy atom. The highest BCUT2D eigenvalue weighted by Crippen LogP contribution is 2.43. The van der Waals surface area contributed by atoms with Crippen LogP contribution in [-0.4, -0.2) is 0 Å². The van der Waals surface area contributed by atoms with Crippen molar-refractivity contribution in [2.75, 3.05) is 0 Å². The van der Waals surface area contributed by atoms with Crippen LogP contribution in [0, 0.1) is 17.8 Å². The highest BCUT2D eigenvalue weighted by atomic mass is 14.3. The van der Waals surface area contributed by atoms with Gasteiger partial charge in [0.25, 0.3) is 0 Å². The third kappa shape index (κ3) is 1.26. The van der Waals surface area contributed by atoms with E-state index < -0.39 is 0 Å². The minimum absolute atomic E-state index is 0.734. The van der Waals surface area contributed by atoms with Gasteiger partial charge in [-0.15, -0.1) is 0 Å². The molecular formula is C11H16. The van der Waals surface area contributed by atoms with E-state index in [0.29, 0.717) is 0 Å². The molecule has 0 aliphatic heterocycles. The molecule has 0 amide bonds. The zero-order valence-corrected chi connectivity index (χ0v) is 7.38. The predicted molar refractivity (Wildman–Crippen MR) is 48.3 cm³/mol. The molecule has 0 aromatic heterocycles. The van der Waals surface area contributed by atoms with Gasteiger partial charge in [-0.3, -0.25) is 0 Å². The summed E-state index contributed by atoms with van der Waals surface area (Å²) in [6.45, 7) is 4.53. The van der Waals surface area contributed by atoms with Crippen LogP contribution in [0.1, 0.15) is 26.7 Å². The number of fused-ring (bicyclic) bond motifs is 2. The summed E-state index contributed by atoms with van der Waals surface area (Å²) in [6, 6.07) is 0. The van der Waals surface area contributed by atoms with E-state index in [-0.39, 0.29) is 0 Å². The molecule has 0 spiro atoms. The van der Waals surface area contributed by atoms with Crippen LogP contribution in [0.5, 0.6) is 0 Å². The van der Waals surface area contributed by atoms with Crippen molar-refractivity contribution in [2.24, 2.45) is 17.8 Å². The van der Waals surface area contributed by atoms with Crippen LogP contribution in [0.3, 0.4) is 0 Å². The quantitative estimate of drug-likeness (QED) is 0.501. The lowest BCUT2D eigenvalue weighted by molar-refractivity contribution is 0.693. The van der Waals surface area contributed by atoms with E-state index in [1.807, 2.05) is 0 Å². The van der Waals surface area contributed by atoms with Crippen LogP contribution < -0.4 is 0 Å². The Morgan fingerprint density at radius 1 is 1.45 bits per heavy atom. The Balaban J connectivity index is 2.14. The molecule has 0 saturated heterocycles. The van der Waals surface area contributed by atoms with Gasteiger partial charge in [-0.25, -0.2) is 0 Å². The average molecular weight is 148 g/mol. The molecule has 2 aliphatic rings. The number of allylic oxidation sites excluding steroid dienone is 4. The van der Waals surface area contributed by atoms with Gasteiger partial charge >= 0.3 is 0 Å². The normalized spacial score (nSPS) is 37.9. The van der Waals surface area contributed by atoms with E-state index in [0.717, 1.165) is 17.8 Å². The van der Waals surface area contributed by atoms with Gasteiger partial charge in [-0.05, 0) is 30.6 Å². The predicted octanol–water partition coefficient (Wildman–Crippen LogP) is 3.16. The van der Waals surface area contributed by atoms with E-state index in [1.54, 1.807) is 5.57 Å². The van der Waals surface area contributed by atoms with E-state index in [4.69, 9.17) is 0 Å². The molecule has 60 valence electrons. The summed E-state index contributed by atoms with van der Waals surface area (Å²) in [5.41, 5.74) is 1.70. The van der Waals surface area contributed by atoms with Crippen molar-refractivity contribution in [1.29, 1.82) is 0 Å². The van der Waals surface area contributed by atoms with Crippen molar-refractivity contribution >= 4 is 0 Å². The Bertz CT molecular complexity index is 208. The van der Waals surface area contributed by atoms with Crippen LogP contribution in [0.15, 0.2) is 23.8 Å². The van der Waals surface area contributed by atoms with Crippen molar-refractivity contribution in [2.45, 2.75) is 26.7 Å². The van der Waals surface area contributed by atoms with Gasteiger partial charge in [-0.2, -0.15) is 0 Å². The van der Waals surface area contributed by atoms with E-state index in [1.165, 1.54) is 12.8 Å². The second-order valence-electron chi connectivity index (χ2n) is 4.18. The second kappa shape index (κ2) is 2.51. The van der Waals surface area contributed by atoms with Gasteiger partial charge in [0.05, 0.1) is 0 Å². The van der Waals surface area contributed by atoms with Gasteiger partial charge < -0.3 is 0 Å². The first-order chi connectivity index (χ1) is 5.25. The minimum Gasteiger partial charge on any atom is -0.0845 e. The number of hydrogen-bond acceptors (Lipinski definition) is 0. The summed E-state index contributed by atoms with van der Waals surface area (Å²) in [4.78, 5) is 0. The summed E-state index contributed by atoms with van der Waals surface area (Å²) in [5.74, 6) is 2.45. The van der Waals surface area contributed by atoms with Crippen LogP contribution >= 0.6 is 0 Å². The third-order valence-electron chi connectivity index (χ3n) is 2.69. The summed E-state index contributed by atoms with van der Waals surface area (Å²) < 4.78 is 0. The molecule has 2 aliphatic carbocycles. The second-order valence-corrected chi connectivity index (χ2v) is 4.18. The summed E-state index contributed by atoms with van der Waals surface area (Å²) in [7, 11) is 0. The van der Waals surface area contributed by atoms with Gasteiger partial charge in [0.2, 0.25) is 0 Å². The fourth-order valence-corrected chi connectivity index (χ4v) is 2.27. The average Bonchev–Trinajstić information content (AvgIpc) is 2.45. The highest BCUT2D eigenvalue weighted by molar-refractivity contribution is 5.27. The maximum absolute atomic E-state index is 2.45. The van der Waals surface area contributed by atoms with Crippen LogP contribution in [0.2, 0.25) is 0 Å². The smallest absolute Gasteiger partial charge is 0.00172 e. The molecule has 2 atom stereocenters. The Morgan fingerprint density at radius 2 is 2.27 bits per heavy atom. The summed E-state index contributed by atoms with van der Waals surface area (Å²) >= 11 is 0. The molecule has 1 saturated carbocycles. The van der Waals surface area contributed by atoms with Crippen LogP contribution in [-0.2, 0) is 0 Å². The maximum Gasteiger partial charge on any atom is -0.00172 e. The first kappa shape index (κ1) is 7.15. The molecule has 0 aromatic carbocycles. The summed E-state index contributed by atoms with van der Waals surface area (Å²) in [6.07, 6.45) is 9.98. The lowest BCUT2D eigenvalue weighted by Crippen LogP contribution is -1.94. The van der Waals surface area contributed by atoms with Gasteiger partial charge in [0.1, 0.15) is 0 Å². The molecule has 0 heterocycles. The minimum atomic E-state index is 0.734. The number of rotatable bonds is 1. The molecular weight excluding hydrogens is 132 g/mol. The van der Waals surface area contributed by atoms with Crippen molar-refractivity contribution in [3.63, 3.8) is 0 Å².